The third kappa shape index (κ3) is 7.20. The predicted molar refractivity (Wildman–Crippen MR) is 312 cm³/mol. The van der Waals surface area contributed by atoms with Crippen molar-refractivity contribution >= 4 is 89.7 Å². The maximum absolute atomic E-state index is 6.02. The van der Waals surface area contributed by atoms with Gasteiger partial charge in [-0.25, -0.2) is 9.97 Å². The van der Waals surface area contributed by atoms with E-state index in [2.05, 4.69) is 229 Å². The first-order chi connectivity index (χ1) is 35.4. The first-order valence-electron chi connectivity index (χ1n) is 24.1. The molecule has 0 fully saturated rings. The van der Waals surface area contributed by atoms with Crippen LogP contribution in [0.2, 0.25) is 0 Å². The first-order valence-corrected chi connectivity index (χ1v) is 27.6. The topological polar surface area (TPSA) is 57.4 Å². The Morgan fingerprint density at radius 2 is 0.486 bits per heavy atom. The van der Waals surface area contributed by atoms with E-state index in [0.717, 1.165) is 134 Å². The fraction of sp³-hybridized carbons (Fsp3) is 0.0625. The van der Waals surface area contributed by atoms with Gasteiger partial charge >= 0.3 is 0 Å². The molecule has 72 heavy (non-hydrogen) atoms. The Kier molecular flexibility index (Phi) is 11.2. The van der Waals surface area contributed by atoms with Gasteiger partial charge in [-0.3, -0.25) is 0 Å². The number of benzene rings is 4. The lowest BCUT2D eigenvalue weighted by Crippen LogP contribution is -1.91. The Labute approximate surface area is 434 Å². The van der Waals surface area contributed by atoms with Crippen LogP contribution in [-0.2, 0) is 0 Å². The molecule has 11 aromatic rings. The molecule has 4 aromatic carbocycles. The molecule has 0 saturated heterocycles. The molecule has 0 saturated carbocycles. The molecule has 0 atom stereocenters. The Balaban J connectivity index is 1.40. The van der Waals surface area contributed by atoms with Gasteiger partial charge in [0.25, 0.3) is 0 Å². The van der Waals surface area contributed by atoms with E-state index < -0.39 is 0 Å². The van der Waals surface area contributed by atoms with Crippen molar-refractivity contribution in [3.63, 3.8) is 0 Å². The normalized spacial score (nSPS) is 12.6. The number of allylic oxidation sites excluding steroid dienone is 4. The van der Waals surface area contributed by atoms with Crippen molar-refractivity contribution in [2.24, 2.45) is 0 Å². The van der Waals surface area contributed by atoms with Gasteiger partial charge in [0, 0.05) is 64.0 Å². The summed E-state index contributed by atoms with van der Waals surface area (Å²) in [4.78, 5) is 25.3. The van der Waals surface area contributed by atoms with Crippen molar-refractivity contribution in [1.82, 2.24) is 19.9 Å². The smallest absolute Gasteiger partial charge is 0.0769 e. The second-order valence-corrected chi connectivity index (χ2v) is 22.0. The SMILES string of the molecule is CC1=C(C)c2nc1c(-c1ccccc1)c1[nH]c(c(-c3ccccc3)c3nc(c(-c4ccccc4)c4[nH]c(c2-c2ccccc2)c(-c2cccs2)c4-c2cccs2)C(C)=C3C)c(-c2cccs2)c1-c1cccs1. The van der Waals surface area contributed by atoms with Crippen LogP contribution in [0, 0.1) is 0 Å². The maximum atomic E-state index is 6.02. The van der Waals surface area contributed by atoms with Crippen molar-refractivity contribution in [1.29, 1.82) is 0 Å². The van der Waals surface area contributed by atoms with Gasteiger partial charge in [0.05, 0.1) is 44.8 Å². The number of fused-ring (bicyclic) bond motifs is 8. The van der Waals surface area contributed by atoms with Crippen LogP contribution >= 0.6 is 45.3 Å². The molecule has 9 heterocycles. The summed E-state index contributed by atoms with van der Waals surface area (Å²) in [5.74, 6) is 0. The Morgan fingerprint density at radius 3 is 0.681 bits per heavy atom. The number of nitrogens with one attached hydrogen (secondary N) is 2. The summed E-state index contributed by atoms with van der Waals surface area (Å²) in [6.07, 6.45) is 0. The standard InChI is InChI=1S/C64H46N4S4/c1-37-38(2)58-50(42-23-11-6-12-24-42)62-55(47-31-19-35-71-47)56(48-32-20-36-72-48)64(68-62)52(44-27-15-8-16-28-44)60-40(4)39(3)59(66-60)51(43-25-13-7-14-26-43)63-54(46-30-18-34-70-46)53(45-29-17-33-69-45)61(67-63)49(57(37)65-58)41-21-9-5-10-22-41/h5-36,67-68H,1-4H3. The van der Waals surface area contributed by atoms with Crippen LogP contribution in [0.3, 0.4) is 0 Å². The van der Waals surface area contributed by atoms with E-state index in [-0.39, 0.29) is 0 Å². The molecule has 2 aliphatic rings. The van der Waals surface area contributed by atoms with E-state index in [0.29, 0.717) is 0 Å². The molecule has 0 unspecified atom stereocenters. The van der Waals surface area contributed by atoms with Gasteiger partial charge in [0.2, 0.25) is 0 Å². The van der Waals surface area contributed by atoms with Gasteiger partial charge in [-0.1, -0.05) is 146 Å². The van der Waals surface area contributed by atoms with Crippen molar-refractivity contribution in [2.75, 3.05) is 0 Å². The minimum atomic E-state index is 0.944. The van der Waals surface area contributed by atoms with Crippen LogP contribution in [0.5, 0.6) is 0 Å². The fourth-order valence-electron chi connectivity index (χ4n) is 10.7. The van der Waals surface area contributed by atoms with Crippen LogP contribution in [-0.4, -0.2) is 19.9 Å². The Hall–Kier alpha value is -7.72. The van der Waals surface area contributed by atoms with Gasteiger partial charge < -0.3 is 9.97 Å². The van der Waals surface area contributed by atoms with E-state index in [1.165, 1.54) is 19.5 Å². The third-order valence-corrected chi connectivity index (χ3v) is 17.8. The van der Waals surface area contributed by atoms with E-state index in [9.17, 15) is 0 Å². The molecule has 0 spiro atoms. The summed E-state index contributed by atoms with van der Waals surface area (Å²) in [6.45, 7) is 9.04. The second kappa shape index (κ2) is 18.2. The lowest BCUT2D eigenvalue weighted by Gasteiger charge is -2.10. The monoisotopic (exact) mass is 998 g/mol. The van der Waals surface area contributed by atoms with Gasteiger partial charge in [0.15, 0.2) is 0 Å². The fourth-order valence-corrected chi connectivity index (χ4v) is 13.8. The molecule has 2 aliphatic heterocycles. The zero-order valence-electron chi connectivity index (χ0n) is 40.0. The maximum Gasteiger partial charge on any atom is 0.0769 e. The van der Waals surface area contributed by atoms with Crippen molar-refractivity contribution in [3.8, 4) is 86.3 Å². The van der Waals surface area contributed by atoms with Gasteiger partial charge in [0.1, 0.15) is 0 Å². The predicted octanol–water partition coefficient (Wildman–Crippen LogP) is 19.8. The lowest BCUT2D eigenvalue weighted by molar-refractivity contribution is 1.29. The van der Waals surface area contributed by atoms with Crippen LogP contribution in [0.4, 0.5) is 0 Å². The molecule has 4 nitrogen and oxygen atoms in total. The summed E-state index contributed by atoms with van der Waals surface area (Å²) in [5, 5.41) is 8.77. The minimum absolute atomic E-state index is 0.944. The number of hydrogen-bond acceptors (Lipinski definition) is 6. The average Bonchev–Trinajstić information content (AvgIpc) is 4.28. The summed E-state index contributed by atoms with van der Waals surface area (Å²) in [7, 11) is 0. The quantitative estimate of drug-likeness (QED) is 0.159. The van der Waals surface area contributed by atoms with E-state index in [1.54, 1.807) is 45.3 Å². The molecule has 0 aliphatic carbocycles. The molecule has 8 heteroatoms. The highest BCUT2D eigenvalue weighted by Gasteiger charge is 2.32. The van der Waals surface area contributed by atoms with E-state index in [1.807, 2.05) is 0 Å². The van der Waals surface area contributed by atoms with Crippen LogP contribution in [0.25, 0.3) is 131 Å². The van der Waals surface area contributed by atoms with Crippen LogP contribution in [0.1, 0.15) is 50.5 Å². The molecular formula is C64H46N4S4. The zero-order valence-corrected chi connectivity index (χ0v) is 43.3. The van der Waals surface area contributed by atoms with E-state index in [4.69, 9.17) is 9.97 Å². The lowest BCUT2D eigenvalue weighted by atomic mass is 9.93. The highest BCUT2D eigenvalue weighted by Crippen LogP contribution is 2.54. The largest absolute Gasteiger partial charge is 0.353 e. The number of hydrogen-bond donors (Lipinski definition) is 2. The number of rotatable bonds is 8. The molecule has 2 N–H and O–H groups in total. The Bertz CT molecular complexity index is 3540. The number of aromatic nitrogens is 4. The molecule has 0 amide bonds. The average molecular weight is 999 g/mol. The minimum Gasteiger partial charge on any atom is -0.353 e. The highest BCUT2D eigenvalue weighted by atomic mass is 32.1. The Morgan fingerprint density at radius 1 is 0.264 bits per heavy atom. The van der Waals surface area contributed by atoms with Crippen LogP contribution < -0.4 is 0 Å². The first kappa shape index (κ1) is 44.2. The van der Waals surface area contributed by atoms with Crippen molar-refractivity contribution in [3.05, 3.63) is 214 Å². The van der Waals surface area contributed by atoms with Crippen LogP contribution in [0.15, 0.2) is 191 Å². The number of H-pyrrole nitrogens is 2. The molecular weight excluding hydrogens is 953 g/mol. The summed E-state index contributed by atoms with van der Waals surface area (Å²) in [6, 6.07) is 61.2. The molecule has 13 rings (SSSR count). The highest BCUT2D eigenvalue weighted by molar-refractivity contribution is 7.15. The molecule has 0 radical (unpaired) electrons. The number of nitrogens with zero attached hydrogens (tertiary/aromatic N) is 2. The van der Waals surface area contributed by atoms with Gasteiger partial charge in [-0.2, -0.15) is 0 Å². The van der Waals surface area contributed by atoms with Crippen molar-refractivity contribution in [2.45, 2.75) is 27.7 Å². The summed E-state index contributed by atoms with van der Waals surface area (Å²) in [5.41, 5.74) is 25.5. The molecule has 346 valence electrons. The molecule has 7 aromatic heterocycles. The van der Waals surface area contributed by atoms with Gasteiger partial charge in [-0.05, 0) is 118 Å². The summed E-state index contributed by atoms with van der Waals surface area (Å²) >= 11 is 7.08. The second-order valence-electron chi connectivity index (χ2n) is 18.2. The number of aromatic amines is 2. The number of thiophene rings is 4. The van der Waals surface area contributed by atoms with Gasteiger partial charge in [-0.15, -0.1) is 45.3 Å². The molecule has 8 bridgehead atoms. The summed E-state index contributed by atoms with van der Waals surface area (Å²) < 4.78 is 0. The van der Waals surface area contributed by atoms with Crippen molar-refractivity contribution < 1.29 is 0 Å². The van der Waals surface area contributed by atoms with E-state index >= 15 is 0 Å². The zero-order chi connectivity index (χ0) is 48.5. The third-order valence-electron chi connectivity index (χ3n) is 14.3.